The van der Waals surface area contributed by atoms with Gasteiger partial charge in [0.15, 0.2) is 0 Å². The van der Waals surface area contributed by atoms with Crippen LogP contribution >= 0.6 is 27.5 Å². The quantitative estimate of drug-likeness (QED) is 0.828. The molecular formula is C13H17BrClNO2S. The van der Waals surface area contributed by atoms with Gasteiger partial charge in [0.2, 0.25) is 10.0 Å². The maximum atomic E-state index is 12.3. The molecule has 106 valence electrons. The topological polar surface area (TPSA) is 46.2 Å². The molecule has 0 radical (unpaired) electrons. The molecule has 6 heteroatoms. The summed E-state index contributed by atoms with van der Waals surface area (Å²) in [6.45, 7) is 2.01. The Labute approximate surface area is 127 Å². The largest absolute Gasteiger partial charge is 0.240 e. The van der Waals surface area contributed by atoms with Crippen LogP contribution in [-0.4, -0.2) is 14.5 Å². The molecule has 1 aromatic carbocycles. The van der Waals surface area contributed by atoms with Crippen molar-refractivity contribution in [3.05, 3.63) is 27.7 Å². The van der Waals surface area contributed by atoms with Crippen molar-refractivity contribution in [2.24, 2.45) is 5.92 Å². The maximum Gasteiger partial charge on any atom is 0.240 e. The van der Waals surface area contributed by atoms with Gasteiger partial charge in [-0.05, 0) is 52.9 Å². The summed E-state index contributed by atoms with van der Waals surface area (Å²) in [6.07, 6.45) is 4.20. The molecule has 1 saturated carbocycles. The third-order valence-electron chi connectivity index (χ3n) is 3.33. The normalized spacial score (nSPS) is 17.4. The van der Waals surface area contributed by atoms with Crippen molar-refractivity contribution in [2.75, 3.05) is 0 Å². The monoisotopic (exact) mass is 365 g/mol. The smallest absolute Gasteiger partial charge is 0.208 e. The predicted molar refractivity (Wildman–Crippen MR) is 80.9 cm³/mol. The Morgan fingerprint density at radius 1 is 1.47 bits per heavy atom. The fraction of sp³-hybridized carbons (Fsp3) is 0.538. The minimum absolute atomic E-state index is 0.0203. The van der Waals surface area contributed by atoms with Gasteiger partial charge in [0.1, 0.15) is 0 Å². The van der Waals surface area contributed by atoms with Gasteiger partial charge in [-0.25, -0.2) is 13.1 Å². The van der Waals surface area contributed by atoms with Crippen molar-refractivity contribution >= 4 is 37.6 Å². The molecule has 19 heavy (non-hydrogen) atoms. The van der Waals surface area contributed by atoms with E-state index >= 15 is 0 Å². The average molecular weight is 367 g/mol. The molecule has 1 unspecified atom stereocenters. The van der Waals surface area contributed by atoms with E-state index in [2.05, 4.69) is 20.7 Å². The molecule has 0 spiro atoms. The highest BCUT2D eigenvalue weighted by Crippen LogP contribution is 2.34. The lowest BCUT2D eigenvalue weighted by atomic mass is 10.1. The molecule has 0 saturated heterocycles. The van der Waals surface area contributed by atoms with Gasteiger partial charge in [0.25, 0.3) is 0 Å². The lowest BCUT2D eigenvalue weighted by molar-refractivity contribution is 0.495. The summed E-state index contributed by atoms with van der Waals surface area (Å²) in [5.74, 6) is 0.699. The third kappa shape index (κ3) is 4.18. The van der Waals surface area contributed by atoms with Gasteiger partial charge in [-0.1, -0.05) is 31.4 Å². The Balaban J connectivity index is 2.13. The average Bonchev–Trinajstić information content (AvgIpc) is 3.15. The van der Waals surface area contributed by atoms with Gasteiger partial charge < -0.3 is 0 Å². The van der Waals surface area contributed by atoms with Crippen molar-refractivity contribution in [1.29, 1.82) is 0 Å². The molecule has 0 aliphatic heterocycles. The molecule has 2 rings (SSSR count). The number of rotatable bonds is 6. The molecule has 1 aromatic rings. The van der Waals surface area contributed by atoms with Crippen molar-refractivity contribution in [1.82, 2.24) is 4.72 Å². The minimum atomic E-state index is -3.47. The maximum absolute atomic E-state index is 12.3. The van der Waals surface area contributed by atoms with E-state index in [1.807, 2.05) is 6.92 Å². The first-order valence-corrected chi connectivity index (χ1v) is 9.05. The molecule has 0 bridgehead atoms. The van der Waals surface area contributed by atoms with Gasteiger partial charge in [-0.3, -0.25) is 0 Å². The second kappa shape index (κ2) is 6.12. The molecule has 0 aromatic heterocycles. The summed E-state index contributed by atoms with van der Waals surface area (Å²) < 4.78 is 28.0. The highest BCUT2D eigenvalue weighted by atomic mass is 79.9. The van der Waals surface area contributed by atoms with E-state index in [0.717, 1.165) is 12.8 Å². The molecule has 1 aliphatic rings. The molecule has 1 atom stereocenters. The lowest BCUT2D eigenvalue weighted by Crippen LogP contribution is -2.34. The van der Waals surface area contributed by atoms with Gasteiger partial charge >= 0.3 is 0 Å². The van der Waals surface area contributed by atoms with Gasteiger partial charge in [0, 0.05) is 10.5 Å². The standard InChI is InChI=1S/C13H17BrClNO2S/c1-2-10(7-9-3-4-9)16-19(17,18)11-5-6-13(15)12(14)8-11/h5-6,8-10,16H,2-4,7H2,1H3. The first-order valence-electron chi connectivity index (χ1n) is 6.39. The van der Waals surface area contributed by atoms with E-state index in [-0.39, 0.29) is 10.9 Å². The summed E-state index contributed by atoms with van der Waals surface area (Å²) in [5.41, 5.74) is 0. The Kier molecular flexibility index (Phi) is 4.93. The van der Waals surface area contributed by atoms with Crippen LogP contribution in [0.2, 0.25) is 5.02 Å². The molecular weight excluding hydrogens is 350 g/mol. The second-order valence-corrected chi connectivity index (χ2v) is 7.96. The molecule has 1 aliphatic carbocycles. The molecule has 0 heterocycles. The number of benzene rings is 1. The van der Waals surface area contributed by atoms with E-state index in [1.165, 1.54) is 25.0 Å². The predicted octanol–water partition coefficient (Wildman–Crippen LogP) is 3.96. The van der Waals surface area contributed by atoms with Crippen LogP contribution in [0, 0.1) is 5.92 Å². The Morgan fingerprint density at radius 2 is 2.16 bits per heavy atom. The van der Waals surface area contributed by atoms with Crippen LogP contribution < -0.4 is 4.72 Å². The van der Waals surface area contributed by atoms with Gasteiger partial charge in [-0.2, -0.15) is 0 Å². The Morgan fingerprint density at radius 3 is 2.68 bits per heavy atom. The van der Waals surface area contributed by atoms with Crippen LogP contribution in [0.4, 0.5) is 0 Å². The fourth-order valence-electron chi connectivity index (χ4n) is 1.99. The van der Waals surface area contributed by atoms with Crippen LogP contribution in [0.15, 0.2) is 27.6 Å². The zero-order valence-electron chi connectivity index (χ0n) is 10.7. The van der Waals surface area contributed by atoms with E-state index in [4.69, 9.17) is 11.6 Å². The molecule has 3 nitrogen and oxygen atoms in total. The van der Waals surface area contributed by atoms with E-state index in [0.29, 0.717) is 15.4 Å². The SMILES string of the molecule is CCC(CC1CC1)NS(=O)(=O)c1ccc(Cl)c(Br)c1. The van der Waals surface area contributed by atoms with Crippen LogP contribution in [0.5, 0.6) is 0 Å². The Bertz CT molecular complexity index is 558. The zero-order chi connectivity index (χ0) is 14.0. The molecule has 0 amide bonds. The summed E-state index contributed by atoms with van der Waals surface area (Å²) >= 11 is 9.13. The summed E-state index contributed by atoms with van der Waals surface area (Å²) in [6, 6.07) is 4.67. The van der Waals surface area contributed by atoms with Crippen molar-refractivity contribution in [3.8, 4) is 0 Å². The second-order valence-electron chi connectivity index (χ2n) is 4.98. The minimum Gasteiger partial charge on any atom is -0.208 e. The summed E-state index contributed by atoms with van der Waals surface area (Å²) in [4.78, 5) is 0.248. The highest BCUT2D eigenvalue weighted by Gasteiger charge is 2.27. The van der Waals surface area contributed by atoms with Crippen LogP contribution in [0.3, 0.4) is 0 Å². The fourth-order valence-corrected chi connectivity index (χ4v) is 3.99. The Hall–Kier alpha value is -0.100. The lowest BCUT2D eigenvalue weighted by Gasteiger charge is -2.17. The number of hydrogen-bond acceptors (Lipinski definition) is 2. The zero-order valence-corrected chi connectivity index (χ0v) is 13.9. The summed E-state index contributed by atoms with van der Waals surface area (Å²) in [7, 11) is -3.47. The van der Waals surface area contributed by atoms with Gasteiger partial charge in [0.05, 0.1) is 9.92 Å². The van der Waals surface area contributed by atoms with Gasteiger partial charge in [-0.15, -0.1) is 0 Å². The van der Waals surface area contributed by atoms with Crippen molar-refractivity contribution in [2.45, 2.75) is 43.5 Å². The number of hydrogen-bond donors (Lipinski definition) is 1. The van der Waals surface area contributed by atoms with Crippen LogP contribution in [0.25, 0.3) is 0 Å². The first kappa shape index (κ1) is 15.3. The van der Waals surface area contributed by atoms with Crippen LogP contribution in [-0.2, 0) is 10.0 Å². The van der Waals surface area contributed by atoms with E-state index in [1.54, 1.807) is 6.07 Å². The highest BCUT2D eigenvalue weighted by molar-refractivity contribution is 9.10. The van der Waals surface area contributed by atoms with Crippen molar-refractivity contribution in [3.63, 3.8) is 0 Å². The van der Waals surface area contributed by atoms with E-state index in [9.17, 15) is 8.42 Å². The number of halogens is 2. The first-order chi connectivity index (χ1) is 8.92. The third-order valence-corrected chi connectivity index (χ3v) is 6.06. The van der Waals surface area contributed by atoms with Crippen molar-refractivity contribution < 1.29 is 8.42 Å². The number of nitrogens with one attached hydrogen (secondary N) is 1. The van der Waals surface area contributed by atoms with E-state index < -0.39 is 10.0 Å². The number of sulfonamides is 1. The molecule has 1 N–H and O–H groups in total. The summed E-state index contributed by atoms with van der Waals surface area (Å²) in [5, 5.41) is 0.504. The molecule has 1 fully saturated rings. The van der Waals surface area contributed by atoms with Crippen LogP contribution in [0.1, 0.15) is 32.6 Å².